The first kappa shape index (κ1) is 5.24. The van der Waals surface area contributed by atoms with Crippen LogP contribution in [0, 0.1) is 0 Å². The van der Waals surface area contributed by atoms with Crippen molar-refractivity contribution in [1.82, 2.24) is 5.43 Å². The molecule has 0 bridgehead atoms. The number of nitrogens with zero attached hydrogens (tertiary/aromatic N) is 3. The highest BCUT2D eigenvalue weighted by molar-refractivity contribution is 5.95. The summed E-state index contributed by atoms with van der Waals surface area (Å²) in [6, 6.07) is 0. The second-order valence-corrected chi connectivity index (χ2v) is 1.49. The third kappa shape index (κ3) is 0.840. The predicted octanol–water partition coefficient (Wildman–Crippen LogP) is -0.673. The highest BCUT2D eigenvalue weighted by Gasteiger charge is 2.07. The molecule has 1 N–H and O–H groups in total. The van der Waals surface area contributed by atoms with Gasteiger partial charge in [0.25, 0.3) is 0 Å². The lowest BCUT2D eigenvalue weighted by molar-refractivity contribution is 0.261. The molecule has 8 heavy (non-hydrogen) atoms. The Morgan fingerprint density at radius 3 is 2.75 bits per heavy atom. The second kappa shape index (κ2) is 1.92. The van der Waals surface area contributed by atoms with E-state index in [1.807, 2.05) is 0 Å². The lowest BCUT2D eigenvalue weighted by atomic mass is 10.4. The number of hydrogen-bond donors (Lipinski definition) is 1. The zero-order valence-corrected chi connectivity index (χ0v) is 4.44. The third-order valence-corrected chi connectivity index (χ3v) is 0.776. The summed E-state index contributed by atoms with van der Waals surface area (Å²) in [5.41, 5.74) is 3.42. The van der Waals surface area contributed by atoms with Gasteiger partial charge in [-0.15, -0.1) is 10.5 Å². The quantitative estimate of drug-likeness (QED) is 0.480. The van der Waals surface area contributed by atoms with E-state index in [4.69, 9.17) is 5.11 Å². The van der Waals surface area contributed by atoms with Crippen molar-refractivity contribution in [2.75, 3.05) is 0 Å². The smallest absolute Gasteiger partial charge is 0.180 e. The van der Waals surface area contributed by atoms with E-state index in [9.17, 15) is 0 Å². The number of amidine groups is 1. The topological polar surface area (TPSA) is 59.1 Å². The largest absolute Gasteiger partial charge is 0.385 e. The van der Waals surface area contributed by atoms with Gasteiger partial charge in [0.15, 0.2) is 5.84 Å². The molecule has 4 nitrogen and oxygen atoms in total. The first-order valence-corrected chi connectivity index (χ1v) is 2.29. The molecule has 4 heteroatoms. The maximum Gasteiger partial charge on any atom is 0.180 e. The molecule has 1 aliphatic rings. The molecule has 1 rings (SSSR count). The molecule has 0 saturated heterocycles. The summed E-state index contributed by atoms with van der Waals surface area (Å²) in [7, 11) is 0. The van der Waals surface area contributed by atoms with Crippen LogP contribution in [-0.2, 0) is 0 Å². The molecule has 0 fully saturated rings. The molecule has 0 amide bonds. The molecule has 0 saturated carbocycles. The average Bonchev–Trinajstić information content (AvgIpc) is 2.12. The Labute approximate surface area is 46.9 Å². The average molecular weight is 112 g/mol. The predicted molar refractivity (Wildman–Crippen MR) is 29.7 cm³/mol. The van der Waals surface area contributed by atoms with Gasteiger partial charge in [0, 0.05) is 0 Å². The number of aliphatic hydroxyl groups excluding tert-OH is 1. The second-order valence-electron chi connectivity index (χ2n) is 1.49. The Balaban J connectivity index is 2.58. The van der Waals surface area contributed by atoms with Crippen molar-refractivity contribution in [3.05, 3.63) is 0 Å². The van der Waals surface area contributed by atoms with Gasteiger partial charge < -0.3 is 5.11 Å². The summed E-state index contributed by atoms with van der Waals surface area (Å²) in [5.74, 6) is 0.380. The van der Waals surface area contributed by atoms with Crippen molar-refractivity contribution in [1.29, 1.82) is 0 Å². The van der Waals surface area contributed by atoms with Gasteiger partial charge in [-0.05, 0) is 6.92 Å². The molecule has 43 valence electrons. The molecule has 1 radical (unpaired) electrons. The van der Waals surface area contributed by atoms with Gasteiger partial charge in [0.1, 0.15) is 12.4 Å². The maximum atomic E-state index is 8.75. The van der Waals surface area contributed by atoms with Crippen molar-refractivity contribution in [2.24, 2.45) is 10.1 Å². The van der Waals surface area contributed by atoms with Crippen molar-refractivity contribution in [3.63, 3.8) is 0 Å². The number of hydrogen-bond acceptors (Lipinski definition) is 3. The van der Waals surface area contributed by atoms with E-state index in [2.05, 4.69) is 15.5 Å². The summed E-state index contributed by atoms with van der Waals surface area (Å²) in [6.45, 7) is 1.59. The van der Waals surface area contributed by atoms with Gasteiger partial charge in [-0.2, -0.15) is 0 Å². The van der Waals surface area contributed by atoms with Crippen LogP contribution in [0.4, 0.5) is 0 Å². The van der Waals surface area contributed by atoms with Crippen LogP contribution in [0.2, 0.25) is 0 Å². The van der Waals surface area contributed by atoms with Crippen molar-refractivity contribution >= 4 is 12.2 Å². The number of rotatable bonds is 1. The summed E-state index contributed by atoms with van der Waals surface area (Å²) in [6.07, 6.45) is 0.708. The van der Waals surface area contributed by atoms with Crippen LogP contribution in [0.3, 0.4) is 0 Å². The molecule has 0 aromatic carbocycles. The molecular formula is C4H6N3O. The lowest BCUT2D eigenvalue weighted by Crippen LogP contribution is -2.11. The molecule has 1 atom stereocenters. The Bertz CT molecular complexity index is 138. The number of aliphatic imine (C=N–C) groups is 1. The zero-order valence-electron chi connectivity index (χ0n) is 4.44. The molecule has 0 aromatic heterocycles. The summed E-state index contributed by atoms with van der Waals surface area (Å²) in [5, 5.41) is 12.3. The molecular weight excluding hydrogens is 106 g/mol. The van der Waals surface area contributed by atoms with Gasteiger partial charge in [-0.1, -0.05) is 0 Å². The maximum absolute atomic E-state index is 8.75. The Morgan fingerprint density at radius 2 is 2.50 bits per heavy atom. The molecule has 0 spiro atoms. The number of aliphatic hydroxyl groups is 1. The van der Waals surface area contributed by atoms with E-state index in [0.717, 1.165) is 0 Å². The normalized spacial score (nSPS) is 20.0. The van der Waals surface area contributed by atoms with Crippen LogP contribution in [-0.4, -0.2) is 23.4 Å². The Kier molecular flexibility index (Phi) is 1.26. The highest BCUT2D eigenvalue weighted by Crippen LogP contribution is 1.91. The van der Waals surface area contributed by atoms with Crippen molar-refractivity contribution in [3.8, 4) is 0 Å². The van der Waals surface area contributed by atoms with Gasteiger partial charge in [-0.25, -0.2) is 4.99 Å². The van der Waals surface area contributed by atoms with Crippen LogP contribution < -0.4 is 5.43 Å². The molecule has 1 heterocycles. The fraction of sp³-hybridized carbons (Fsp3) is 0.500. The summed E-state index contributed by atoms with van der Waals surface area (Å²) < 4.78 is 0. The highest BCUT2D eigenvalue weighted by atomic mass is 16.3. The minimum atomic E-state index is -0.600. The minimum absolute atomic E-state index is 0.380. The van der Waals surface area contributed by atoms with E-state index in [1.54, 1.807) is 6.92 Å². The SMILES string of the molecule is CC(O)C1=N[N]C=N1. The van der Waals surface area contributed by atoms with Crippen LogP contribution in [0.1, 0.15) is 6.92 Å². The van der Waals surface area contributed by atoms with Crippen LogP contribution in [0.5, 0.6) is 0 Å². The van der Waals surface area contributed by atoms with Gasteiger partial charge in [0.2, 0.25) is 0 Å². The lowest BCUT2D eigenvalue weighted by Gasteiger charge is -1.94. The first-order chi connectivity index (χ1) is 3.80. The minimum Gasteiger partial charge on any atom is -0.385 e. The zero-order chi connectivity index (χ0) is 5.98. The van der Waals surface area contributed by atoms with Crippen LogP contribution >= 0.6 is 0 Å². The fourth-order valence-corrected chi connectivity index (χ4v) is 0.387. The van der Waals surface area contributed by atoms with Gasteiger partial charge >= 0.3 is 0 Å². The molecule has 1 aliphatic heterocycles. The molecule has 0 aromatic rings. The third-order valence-electron chi connectivity index (χ3n) is 0.776. The standard InChI is InChI=1S/C4H6N3O/c1-3(8)4-5-2-6-7-4/h2-3,8H,1H3. The van der Waals surface area contributed by atoms with Gasteiger partial charge in [-0.3, -0.25) is 0 Å². The van der Waals surface area contributed by atoms with E-state index >= 15 is 0 Å². The van der Waals surface area contributed by atoms with Crippen LogP contribution in [0.25, 0.3) is 0 Å². The summed E-state index contributed by atoms with van der Waals surface area (Å²) >= 11 is 0. The van der Waals surface area contributed by atoms with Gasteiger partial charge in [0.05, 0.1) is 0 Å². The summed E-state index contributed by atoms with van der Waals surface area (Å²) in [4.78, 5) is 3.64. The van der Waals surface area contributed by atoms with Crippen molar-refractivity contribution in [2.45, 2.75) is 13.0 Å². The van der Waals surface area contributed by atoms with E-state index in [-0.39, 0.29) is 0 Å². The van der Waals surface area contributed by atoms with E-state index in [1.165, 1.54) is 6.34 Å². The molecule has 0 aliphatic carbocycles. The monoisotopic (exact) mass is 112 g/mol. The molecule has 1 unspecified atom stereocenters. The van der Waals surface area contributed by atoms with Crippen molar-refractivity contribution < 1.29 is 5.11 Å². The van der Waals surface area contributed by atoms with E-state index in [0.29, 0.717) is 5.84 Å². The first-order valence-electron chi connectivity index (χ1n) is 2.29. The van der Waals surface area contributed by atoms with Crippen LogP contribution in [0.15, 0.2) is 10.1 Å². The van der Waals surface area contributed by atoms with E-state index < -0.39 is 6.10 Å². The fourth-order valence-electron chi connectivity index (χ4n) is 0.387. The Morgan fingerprint density at radius 1 is 1.75 bits per heavy atom. The Hall–Kier alpha value is -0.900.